The molecule has 0 N–H and O–H groups in total. The molecule has 2 unspecified atom stereocenters. The molecule has 0 saturated heterocycles. The molecular formula is C16H20Cl2N2. The lowest BCUT2D eigenvalue weighted by atomic mass is 9.87. The van der Waals surface area contributed by atoms with Gasteiger partial charge in [-0.25, -0.2) is 4.98 Å². The first kappa shape index (κ1) is 14.2. The Bertz CT molecular complexity index is 643. The summed E-state index contributed by atoms with van der Waals surface area (Å²) in [6.45, 7) is 6.66. The number of benzene rings is 1. The van der Waals surface area contributed by atoms with Crippen molar-refractivity contribution in [2.75, 3.05) is 0 Å². The van der Waals surface area contributed by atoms with Crippen molar-refractivity contribution in [1.29, 1.82) is 0 Å². The van der Waals surface area contributed by atoms with Gasteiger partial charge in [0.15, 0.2) is 0 Å². The van der Waals surface area contributed by atoms with Crippen LogP contribution in [0, 0.1) is 5.41 Å². The first-order valence-corrected chi connectivity index (χ1v) is 8.03. The quantitative estimate of drug-likeness (QED) is 0.647. The summed E-state index contributed by atoms with van der Waals surface area (Å²) in [5, 5.41) is 0.654. The summed E-state index contributed by atoms with van der Waals surface area (Å²) in [5.41, 5.74) is 2.37. The van der Waals surface area contributed by atoms with Crippen LogP contribution in [-0.2, 0) is 0 Å². The minimum Gasteiger partial charge on any atom is -0.323 e. The lowest BCUT2D eigenvalue weighted by molar-refractivity contribution is 0.261. The van der Waals surface area contributed by atoms with Crippen LogP contribution < -0.4 is 0 Å². The Hall–Kier alpha value is -0.730. The Kier molecular flexibility index (Phi) is 3.50. The van der Waals surface area contributed by atoms with Gasteiger partial charge >= 0.3 is 0 Å². The molecule has 3 rings (SSSR count). The van der Waals surface area contributed by atoms with E-state index in [1.165, 1.54) is 19.3 Å². The van der Waals surface area contributed by atoms with Crippen molar-refractivity contribution < 1.29 is 0 Å². The highest BCUT2D eigenvalue weighted by atomic mass is 35.5. The smallest absolute Gasteiger partial charge is 0.127 e. The number of fused-ring (bicyclic) bond motifs is 1. The van der Waals surface area contributed by atoms with E-state index in [2.05, 4.69) is 18.4 Å². The van der Waals surface area contributed by atoms with Gasteiger partial charge in [0.25, 0.3) is 0 Å². The third-order valence-corrected chi connectivity index (χ3v) is 4.98. The van der Waals surface area contributed by atoms with Crippen molar-refractivity contribution in [2.45, 2.75) is 51.5 Å². The van der Waals surface area contributed by atoms with Crippen LogP contribution in [0.3, 0.4) is 0 Å². The average molecular weight is 311 g/mol. The Morgan fingerprint density at radius 3 is 2.75 bits per heavy atom. The summed E-state index contributed by atoms with van der Waals surface area (Å²) in [5.74, 6) is 0.962. The van der Waals surface area contributed by atoms with Gasteiger partial charge in [0.05, 0.1) is 16.4 Å². The number of alkyl halides is 1. The third kappa shape index (κ3) is 2.23. The van der Waals surface area contributed by atoms with E-state index in [0.29, 0.717) is 6.04 Å². The molecule has 0 amide bonds. The summed E-state index contributed by atoms with van der Waals surface area (Å²) in [6.07, 6.45) is 3.68. The van der Waals surface area contributed by atoms with Crippen LogP contribution in [0.4, 0.5) is 0 Å². The Labute approximate surface area is 130 Å². The number of rotatable bonds is 2. The molecule has 0 aliphatic heterocycles. The molecule has 1 heterocycles. The van der Waals surface area contributed by atoms with E-state index in [0.717, 1.165) is 21.9 Å². The number of halogens is 2. The summed E-state index contributed by atoms with van der Waals surface area (Å²) >= 11 is 12.6. The van der Waals surface area contributed by atoms with Gasteiger partial charge in [-0.05, 0) is 43.4 Å². The molecule has 1 aromatic carbocycles. The molecule has 20 heavy (non-hydrogen) atoms. The molecule has 108 valence electrons. The van der Waals surface area contributed by atoms with Crippen molar-refractivity contribution in [2.24, 2.45) is 5.41 Å². The number of nitrogens with zero attached hydrogens (tertiary/aromatic N) is 2. The van der Waals surface area contributed by atoms with E-state index in [1.54, 1.807) is 0 Å². The number of aromatic nitrogens is 2. The minimum atomic E-state index is -0.0995. The van der Waals surface area contributed by atoms with E-state index >= 15 is 0 Å². The lowest BCUT2D eigenvalue weighted by Gasteiger charge is -2.30. The molecule has 1 aliphatic rings. The minimum absolute atomic E-state index is 0.0995. The van der Waals surface area contributed by atoms with Crippen LogP contribution >= 0.6 is 23.2 Å². The highest BCUT2D eigenvalue weighted by molar-refractivity contribution is 6.31. The van der Waals surface area contributed by atoms with Crippen LogP contribution in [0.1, 0.15) is 57.3 Å². The molecule has 1 aliphatic carbocycles. The van der Waals surface area contributed by atoms with E-state index < -0.39 is 0 Å². The van der Waals surface area contributed by atoms with Gasteiger partial charge in [-0.15, -0.1) is 11.6 Å². The Balaban J connectivity index is 2.26. The molecule has 0 radical (unpaired) electrons. The number of hydrogen-bond acceptors (Lipinski definition) is 1. The second-order valence-electron chi connectivity index (χ2n) is 6.49. The zero-order chi connectivity index (χ0) is 14.5. The normalized spacial score (nSPS) is 23.4. The first-order chi connectivity index (χ1) is 9.40. The van der Waals surface area contributed by atoms with Gasteiger partial charge in [0.2, 0.25) is 0 Å². The number of imidazole rings is 1. The second-order valence-corrected chi connectivity index (χ2v) is 7.58. The molecule has 2 atom stereocenters. The van der Waals surface area contributed by atoms with Crippen LogP contribution in [-0.4, -0.2) is 9.55 Å². The summed E-state index contributed by atoms with van der Waals surface area (Å²) in [4.78, 5) is 4.74. The van der Waals surface area contributed by atoms with Crippen molar-refractivity contribution in [3.05, 3.63) is 29.0 Å². The van der Waals surface area contributed by atoms with Gasteiger partial charge in [0.1, 0.15) is 5.82 Å². The molecule has 1 saturated carbocycles. The average Bonchev–Trinajstić information content (AvgIpc) is 2.88. The summed E-state index contributed by atoms with van der Waals surface area (Å²) in [7, 11) is 0. The van der Waals surface area contributed by atoms with E-state index in [9.17, 15) is 0 Å². The maximum absolute atomic E-state index is 6.37. The second kappa shape index (κ2) is 4.92. The van der Waals surface area contributed by atoms with Gasteiger partial charge in [-0.2, -0.15) is 0 Å². The highest BCUT2D eigenvalue weighted by Gasteiger charge is 2.38. The maximum Gasteiger partial charge on any atom is 0.127 e. The molecule has 0 bridgehead atoms. The van der Waals surface area contributed by atoms with Crippen molar-refractivity contribution in [3.8, 4) is 0 Å². The van der Waals surface area contributed by atoms with Crippen molar-refractivity contribution in [3.63, 3.8) is 0 Å². The maximum atomic E-state index is 6.37. The molecule has 2 nitrogen and oxygen atoms in total. The van der Waals surface area contributed by atoms with Crippen LogP contribution in [0.5, 0.6) is 0 Å². The van der Waals surface area contributed by atoms with Gasteiger partial charge in [-0.1, -0.05) is 31.9 Å². The molecular weight excluding hydrogens is 291 g/mol. The monoisotopic (exact) mass is 310 g/mol. The summed E-state index contributed by atoms with van der Waals surface area (Å²) < 4.78 is 2.34. The molecule has 1 aromatic heterocycles. The highest BCUT2D eigenvalue weighted by Crippen LogP contribution is 2.48. The number of hydrogen-bond donors (Lipinski definition) is 0. The van der Waals surface area contributed by atoms with Crippen LogP contribution in [0.15, 0.2) is 18.2 Å². The van der Waals surface area contributed by atoms with Gasteiger partial charge < -0.3 is 4.57 Å². The van der Waals surface area contributed by atoms with Gasteiger partial charge in [-0.3, -0.25) is 0 Å². The van der Waals surface area contributed by atoms with E-state index in [-0.39, 0.29) is 10.8 Å². The fourth-order valence-electron chi connectivity index (χ4n) is 3.48. The Morgan fingerprint density at radius 2 is 2.15 bits per heavy atom. The van der Waals surface area contributed by atoms with E-state index in [1.807, 2.05) is 25.1 Å². The predicted octanol–water partition coefficient (Wildman–Crippen LogP) is 5.74. The fraction of sp³-hybridized carbons (Fsp3) is 0.562. The third-order valence-electron chi connectivity index (χ3n) is 4.55. The fourth-order valence-corrected chi connectivity index (χ4v) is 3.80. The van der Waals surface area contributed by atoms with Gasteiger partial charge in [0, 0.05) is 11.1 Å². The summed E-state index contributed by atoms with van der Waals surface area (Å²) in [6, 6.07) is 6.34. The largest absolute Gasteiger partial charge is 0.323 e. The standard InChI is InChI=1S/C16H20Cl2N2/c1-10(17)15-19-12-7-6-11(18)9-13(12)20(15)14-5-4-8-16(14,2)3/h6-7,9-10,14H,4-5,8H2,1-3H3. The topological polar surface area (TPSA) is 17.8 Å². The van der Waals surface area contributed by atoms with Crippen molar-refractivity contribution in [1.82, 2.24) is 9.55 Å². The van der Waals surface area contributed by atoms with Crippen LogP contribution in [0.2, 0.25) is 5.02 Å². The predicted molar refractivity (Wildman–Crippen MR) is 85.7 cm³/mol. The van der Waals surface area contributed by atoms with Crippen LogP contribution in [0.25, 0.3) is 11.0 Å². The zero-order valence-electron chi connectivity index (χ0n) is 12.2. The lowest BCUT2D eigenvalue weighted by Crippen LogP contribution is -2.23. The molecule has 4 heteroatoms. The van der Waals surface area contributed by atoms with Crippen molar-refractivity contribution >= 4 is 34.2 Å². The Morgan fingerprint density at radius 1 is 1.40 bits per heavy atom. The molecule has 2 aromatic rings. The molecule has 1 fully saturated rings. The SMILES string of the molecule is CC(Cl)c1nc2ccc(Cl)cc2n1C1CCCC1(C)C. The first-order valence-electron chi connectivity index (χ1n) is 7.21. The zero-order valence-corrected chi connectivity index (χ0v) is 13.7. The van der Waals surface area contributed by atoms with E-state index in [4.69, 9.17) is 28.2 Å². The molecule has 0 spiro atoms.